The lowest BCUT2D eigenvalue weighted by Crippen LogP contribution is -2.45. The Balaban J connectivity index is 2.30. The molecule has 0 saturated carbocycles. The first-order valence-corrected chi connectivity index (χ1v) is 8.41. The van der Waals surface area contributed by atoms with Crippen molar-refractivity contribution in [3.63, 3.8) is 0 Å². The number of carbonyl (C=O) groups excluding carboxylic acids is 1. The molecule has 0 bridgehead atoms. The third kappa shape index (κ3) is 2.91. The van der Waals surface area contributed by atoms with Gasteiger partial charge < -0.3 is 4.90 Å². The summed E-state index contributed by atoms with van der Waals surface area (Å²) in [5.41, 5.74) is 1.28. The highest BCUT2D eigenvalue weighted by molar-refractivity contribution is 7.07. The van der Waals surface area contributed by atoms with Crippen molar-refractivity contribution in [2.45, 2.75) is 65.7 Å². The molecule has 2 rings (SSSR count). The van der Waals surface area contributed by atoms with Gasteiger partial charge in [0, 0.05) is 6.04 Å². The summed E-state index contributed by atoms with van der Waals surface area (Å²) in [6.45, 7) is 10.9. The van der Waals surface area contributed by atoms with E-state index in [0.29, 0.717) is 0 Å². The summed E-state index contributed by atoms with van der Waals surface area (Å²) in [4.78, 5) is 14.8. The van der Waals surface area contributed by atoms with Crippen LogP contribution in [0.1, 0.15) is 59.2 Å². The van der Waals surface area contributed by atoms with Crippen LogP contribution in [-0.4, -0.2) is 22.9 Å². The second-order valence-corrected chi connectivity index (χ2v) is 7.53. The highest BCUT2D eigenvalue weighted by atomic mass is 32.1. The second kappa shape index (κ2) is 5.86. The Morgan fingerprint density at radius 1 is 1.45 bits per heavy atom. The van der Waals surface area contributed by atoms with E-state index in [2.05, 4.69) is 61.7 Å². The van der Waals surface area contributed by atoms with Crippen molar-refractivity contribution in [1.29, 1.82) is 0 Å². The van der Waals surface area contributed by atoms with E-state index in [1.165, 1.54) is 5.56 Å². The van der Waals surface area contributed by atoms with E-state index in [9.17, 15) is 4.79 Å². The fourth-order valence-electron chi connectivity index (χ4n) is 2.66. The molecule has 1 aromatic heterocycles. The molecule has 1 aromatic rings. The van der Waals surface area contributed by atoms with Crippen LogP contribution in [0.4, 0.5) is 0 Å². The molecule has 4 heteroatoms. The monoisotopic (exact) mass is 294 g/mol. The second-order valence-electron chi connectivity index (χ2n) is 6.75. The van der Waals surface area contributed by atoms with Crippen molar-refractivity contribution in [3.8, 4) is 0 Å². The number of carbonyl (C=O) groups is 1. The molecule has 20 heavy (non-hydrogen) atoms. The van der Waals surface area contributed by atoms with Gasteiger partial charge in [0.1, 0.15) is 6.17 Å². The Morgan fingerprint density at radius 2 is 2.15 bits per heavy atom. The summed E-state index contributed by atoms with van der Waals surface area (Å²) < 4.78 is 0. The number of hydrogen-bond acceptors (Lipinski definition) is 3. The highest BCUT2D eigenvalue weighted by Crippen LogP contribution is 2.35. The predicted molar refractivity (Wildman–Crippen MR) is 84.7 cm³/mol. The standard InChI is InChI=1S/C16H26N2OS/c1-6-7-13-15(19)18(11(2)16(3,4)5)14(17-13)12-8-9-20-10-12/h8-11,13-14,17H,6-7H2,1-5H3. The first-order valence-electron chi connectivity index (χ1n) is 7.46. The van der Waals surface area contributed by atoms with Gasteiger partial charge in [-0.3, -0.25) is 10.1 Å². The zero-order valence-corrected chi connectivity index (χ0v) is 14.0. The first kappa shape index (κ1) is 15.5. The summed E-state index contributed by atoms with van der Waals surface area (Å²) >= 11 is 1.69. The van der Waals surface area contributed by atoms with Gasteiger partial charge in [0.25, 0.3) is 0 Å². The molecule has 0 aromatic carbocycles. The fraction of sp³-hybridized carbons (Fsp3) is 0.688. The number of amides is 1. The molecule has 2 heterocycles. The largest absolute Gasteiger partial charge is 0.318 e. The zero-order chi connectivity index (χ0) is 14.9. The summed E-state index contributed by atoms with van der Waals surface area (Å²) in [5.74, 6) is 0.255. The van der Waals surface area contributed by atoms with Gasteiger partial charge in [-0.1, -0.05) is 34.1 Å². The molecule has 0 radical (unpaired) electrons. The Hall–Kier alpha value is -0.870. The minimum Gasteiger partial charge on any atom is -0.318 e. The van der Waals surface area contributed by atoms with Crippen LogP contribution >= 0.6 is 11.3 Å². The number of nitrogens with zero attached hydrogens (tertiary/aromatic N) is 1. The number of thiophene rings is 1. The van der Waals surface area contributed by atoms with Gasteiger partial charge in [-0.05, 0) is 41.1 Å². The van der Waals surface area contributed by atoms with Crippen molar-refractivity contribution in [2.75, 3.05) is 0 Å². The van der Waals surface area contributed by atoms with Crippen LogP contribution in [0.3, 0.4) is 0 Å². The van der Waals surface area contributed by atoms with Crippen molar-refractivity contribution >= 4 is 17.2 Å². The molecule has 1 fully saturated rings. The molecule has 1 N–H and O–H groups in total. The van der Waals surface area contributed by atoms with E-state index in [1.807, 2.05) is 0 Å². The maximum Gasteiger partial charge on any atom is 0.241 e. The van der Waals surface area contributed by atoms with Crippen LogP contribution < -0.4 is 5.32 Å². The maximum atomic E-state index is 12.8. The average Bonchev–Trinajstić information content (AvgIpc) is 2.97. The molecule has 1 aliphatic heterocycles. The zero-order valence-electron chi connectivity index (χ0n) is 13.1. The molecule has 1 aliphatic rings. The number of rotatable bonds is 4. The van der Waals surface area contributed by atoms with Crippen molar-refractivity contribution in [1.82, 2.24) is 10.2 Å². The van der Waals surface area contributed by atoms with Crippen molar-refractivity contribution in [2.24, 2.45) is 5.41 Å². The minimum absolute atomic E-state index is 0.0273. The number of hydrogen-bond donors (Lipinski definition) is 1. The third-order valence-corrected chi connectivity index (χ3v) is 5.00. The predicted octanol–water partition coefficient (Wildman–Crippen LogP) is 3.78. The van der Waals surface area contributed by atoms with E-state index in [4.69, 9.17) is 0 Å². The van der Waals surface area contributed by atoms with Gasteiger partial charge >= 0.3 is 0 Å². The van der Waals surface area contributed by atoms with Crippen LogP contribution in [0, 0.1) is 5.41 Å². The molecule has 1 saturated heterocycles. The van der Waals surface area contributed by atoms with Gasteiger partial charge in [-0.25, -0.2) is 0 Å². The molecule has 0 aliphatic carbocycles. The molecule has 3 atom stereocenters. The van der Waals surface area contributed by atoms with E-state index < -0.39 is 0 Å². The van der Waals surface area contributed by atoms with Gasteiger partial charge in [0.2, 0.25) is 5.91 Å². The number of nitrogens with one attached hydrogen (secondary N) is 1. The molecular formula is C16H26N2OS. The molecule has 112 valence electrons. The van der Waals surface area contributed by atoms with Crippen LogP contribution in [0.25, 0.3) is 0 Å². The van der Waals surface area contributed by atoms with Crippen LogP contribution in [-0.2, 0) is 4.79 Å². The average molecular weight is 294 g/mol. The van der Waals surface area contributed by atoms with Crippen LogP contribution in [0.15, 0.2) is 16.8 Å². The molecule has 3 unspecified atom stereocenters. The molecule has 3 nitrogen and oxygen atoms in total. The topological polar surface area (TPSA) is 32.3 Å². The van der Waals surface area contributed by atoms with Gasteiger partial charge in [0.15, 0.2) is 0 Å². The lowest BCUT2D eigenvalue weighted by atomic mass is 9.86. The van der Waals surface area contributed by atoms with Gasteiger partial charge in [-0.2, -0.15) is 11.3 Å². The summed E-state index contributed by atoms with van der Waals surface area (Å²) in [6.07, 6.45) is 1.96. The third-order valence-electron chi connectivity index (χ3n) is 4.30. The molecule has 1 amide bonds. The SMILES string of the molecule is CCCC1NC(c2ccsc2)N(C(C)C(C)(C)C)C1=O. The maximum absolute atomic E-state index is 12.8. The van der Waals surface area contributed by atoms with Gasteiger partial charge in [0.05, 0.1) is 6.04 Å². The Labute approximate surface area is 126 Å². The van der Waals surface area contributed by atoms with Gasteiger partial charge in [-0.15, -0.1) is 0 Å². The van der Waals surface area contributed by atoms with E-state index in [1.54, 1.807) is 11.3 Å². The van der Waals surface area contributed by atoms with E-state index in [0.717, 1.165) is 12.8 Å². The Kier molecular flexibility index (Phi) is 4.55. The van der Waals surface area contributed by atoms with Crippen LogP contribution in [0.2, 0.25) is 0 Å². The fourth-order valence-corrected chi connectivity index (χ4v) is 3.34. The van der Waals surface area contributed by atoms with E-state index in [-0.39, 0.29) is 29.6 Å². The van der Waals surface area contributed by atoms with Crippen molar-refractivity contribution in [3.05, 3.63) is 22.4 Å². The molecule has 0 spiro atoms. The quantitative estimate of drug-likeness (QED) is 0.916. The van der Waals surface area contributed by atoms with E-state index >= 15 is 0 Å². The Morgan fingerprint density at radius 3 is 2.65 bits per heavy atom. The lowest BCUT2D eigenvalue weighted by molar-refractivity contribution is -0.134. The van der Waals surface area contributed by atoms with Crippen molar-refractivity contribution < 1.29 is 4.79 Å². The lowest BCUT2D eigenvalue weighted by Gasteiger charge is -2.38. The van der Waals surface area contributed by atoms with Crippen LogP contribution in [0.5, 0.6) is 0 Å². The molecular weight excluding hydrogens is 268 g/mol. The summed E-state index contributed by atoms with van der Waals surface area (Å²) in [7, 11) is 0. The summed E-state index contributed by atoms with van der Waals surface area (Å²) in [6, 6.07) is 2.29. The highest BCUT2D eigenvalue weighted by Gasteiger charge is 2.44. The normalized spacial score (nSPS) is 25.2. The first-order chi connectivity index (χ1) is 9.36. The summed E-state index contributed by atoms with van der Waals surface area (Å²) in [5, 5.41) is 7.75. The minimum atomic E-state index is -0.0327. The Bertz CT molecular complexity index is 450. The smallest absolute Gasteiger partial charge is 0.241 e.